The second-order valence-electron chi connectivity index (χ2n) is 4.70. The second kappa shape index (κ2) is 7.90. The first-order valence-electron chi connectivity index (χ1n) is 6.88. The zero-order valence-corrected chi connectivity index (χ0v) is 11.8. The molecule has 0 aliphatic rings. The van der Waals surface area contributed by atoms with Gasteiger partial charge in [0, 0.05) is 0 Å². The third-order valence-electron chi connectivity index (χ3n) is 2.99. The van der Waals surface area contributed by atoms with E-state index in [0.717, 1.165) is 12.0 Å². The van der Waals surface area contributed by atoms with E-state index >= 15 is 0 Å². The topological polar surface area (TPSA) is 61.0 Å². The van der Waals surface area contributed by atoms with E-state index in [0.29, 0.717) is 24.1 Å². The number of nitrogen functional groups attached to an aromatic ring is 1. The first kappa shape index (κ1) is 14.7. The average molecular weight is 251 g/mol. The van der Waals surface area contributed by atoms with E-state index in [4.69, 9.17) is 10.5 Å². The van der Waals surface area contributed by atoms with E-state index < -0.39 is 0 Å². The van der Waals surface area contributed by atoms with E-state index in [2.05, 4.69) is 16.9 Å². The molecule has 0 amide bonds. The smallest absolute Gasteiger partial charge is 0.221 e. The summed E-state index contributed by atoms with van der Waals surface area (Å²) in [5, 5.41) is 0. The van der Waals surface area contributed by atoms with E-state index in [1.807, 2.05) is 13.8 Å². The van der Waals surface area contributed by atoms with Crippen LogP contribution in [0.1, 0.15) is 56.8 Å². The summed E-state index contributed by atoms with van der Waals surface area (Å²) in [6, 6.07) is 0. The van der Waals surface area contributed by atoms with Crippen molar-refractivity contribution in [3.05, 3.63) is 11.4 Å². The number of ether oxygens (including phenoxy) is 1. The molecule has 0 spiro atoms. The minimum atomic E-state index is 0.514. The maximum Gasteiger partial charge on any atom is 0.221 e. The minimum absolute atomic E-state index is 0.514. The number of aromatic nitrogens is 2. The van der Waals surface area contributed by atoms with Crippen LogP contribution < -0.4 is 10.5 Å². The predicted molar refractivity (Wildman–Crippen MR) is 74.8 cm³/mol. The lowest BCUT2D eigenvalue weighted by atomic mass is 10.1. The Bertz CT molecular complexity index is 366. The fraction of sp³-hybridized carbons (Fsp3) is 0.714. The first-order chi connectivity index (χ1) is 8.65. The van der Waals surface area contributed by atoms with Crippen molar-refractivity contribution in [2.45, 2.75) is 59.3 Å². The lowest BCUT2D eigenvalue weighted by molar-refractivity contribution is 0.290. The monoisotopic (exact) mass is 251 g/mol. The number of aryl methyl sites for hydroxylation is 1. The molecule has 1 aromatic rings. The number of hydrogen-bond donors (Lipinski definition) is 1. The van der Waals surface area contributed by atoms with Gasteiger partial charge in [0.1, 0.15) is 11.6 Å². The molecule has 2 N–H and O–H groups in total. The van der Waals surface area contributed by atoms with E-state index in [9.17, 15) is 0 Å². The lowest BCUT2D eigenvalue weighted by Gasteiger charge is -2.10. The van der Waals surface area contributed by atoms with Gasteiger partial charge < -0.3 is 10.5 Å². The van der Waals surface area contributed by atoms with Crippen molar-refractivity contribution >= 4 is 5.82 Å². The fourth-order valence-corrected chi connectivity index (χ4v) is 1.82. The largest absolute Gasteiger partial charge is 0.477 e. The summed E-state index contributed by atoms with van der Waals surface area (Å²) in [5.41, 5.74) is 6.62. The third-order valence-corrected chi connectivity index (χ3v) is 2.99. The van der Waals surface area contributed by atoms with Gasteiger partial charge in [0.2, 0.25) is 5.88 Å². The Morgan fingerprint density at radius 3 is 2.39 bits per heavy atom. The molecular weight excluding hydrogens is 226 g/mol. The van der Waals surface area contributed by atoms with Gasteiger partial charge >= 0.3 is 0 Å². The van der Waals surface area contributed by atoms with Crippen molar-refractivity contribution < 1.29 is 4.74 Å². The van der Waals surface area contributed by atoms with Crippen molar-refractivity contribution in [1.82, 2.24) is 9.97 Å². The maximum absolute atomic E-state index is 5.78. The highest BCUT2D eigenvalue weighted by molar-refractivity contribution is 5.44. The number of anilines is 1. The van der Waals surface area contributed by atoms with Gasteiger partial charge in [0.15, 0.2) is 0 Å². The summed E-state index contributed by atoms with van der Waals surface area (Å²) in [7, 11) is 0. The molecule has 1 aromatic heterocycles. The van der Waals surface area contributed by atoms with Crippen molar-refractivity contribution in [1.29, 1.82) is 0 Å². The highest BCUT2D eigenvalue weighted by atomic mass is 16.5. The molecule has 0 bridgehead atoms. The number of rotatable bonds is 8. The molecule has 0 radical (unpaired) electrons. The van der Waals surface area contributed by atoms with Crippen LogP contribution in [0.2, 0.25) is 0 Å². The molecular formula is C14H25N3O. The van der Waals surface area contributed by atoms with Crippen LogP contribution in [0.25, 0.3) is 0 Å². The quantitative estimate of drug-likeness (QED) is 0.719. The van der Waals surface area contributed by atoms with Gasteiger partial charge in [-0.15, -0.1) is 0 Å². The Labute approximate surface area is 110 Å². The van der Waals surface area contributed by atoms with Gasteiger partial charge in [-0.2, -0.15) is 4.98 Å². The number of hydrogen-bond acceptors (Lipinski definition) is 4. The molecule has 1 heterocycles. The van der Waals surface area contributed by atoms with E-state index in [-0.39, 0.29) is 0 Å². The summed E-state index contributed by atoms with van der Waals surface area (Å²) in [6.07, 6.45) is 7.54. The predicted octanol–water partition coefficient (Wildman–Crippen LogP) is 3.41. The highest BCUT2D eigenvalue weighted by Gasteiger charge is 2.07. The summed E-state index contributed by atoms with van der Waals surface area (Å²) in [5.74, 6) is 1.81. The molecule has 0 aromatic carbocycles. The van der Waals surface area contributed by atoms with Crippen LogP contribution in [0.15, 0.2) is 0 Å². The molecule has 0 saturated heterocycles. The molecule has 1 rings (SSSR count). The number of unbranched alkanes of at least 4 members (excludes halogenated alkanes) is 5. The van der Waals surface area contributed by atoms with Gasteiger partial charge in [0.25, 0.3) is 0 Å². The summed E-state index contributed by atoms with van der Waals surface area (Å²) in [4.78, 5) is 8.37. The molecule has 0 saturated carbocycles. The summed E-state index contributed by atoms with van der Waals surface area (Å²) in [6.45, 7) is 6.66. The van der Waals surface area contributed by atoms with Gasteiger partial charge in [-0.3, -0.25) is 0 Å². The van der Waals surface area contributed by atoms with Crippen LogP contribution in [0.3, 0.4) is 0 Å². The van der Waals surface area contributed by atoms with Crippen LogP contribution in [0, 0.1) is 13.8 Å². The van der Waals surface area contributed by atoms with E-state index in [1.165, 1.54) is 32.1 Å². The van der Waals surface area contributed by atoms with E-state index in [1.54, 1.807) is 0 Å². The second-order valence-corrected chi connectivity index (χ2v) is 4.70. The molecule has 18 heavy (non-hydrogen) atoms. The number of nitrogens with two attached hydrogens (primary N) is 1. The van der Waals surface area contributed by atoms with Crippen molar-refractivity contribution in [3.8, 4) is 5.88 Å². The van der Waals surface area contributed by atoms with Crippen molar-refractivity contribution in [2.75, 3.05) is 12.3 Å². The normalized spacial score (nSPS) is 10.6. The standard InChI is InChI=1S/C14H25N3O/c1-4-5-6-7-8-9-10-18-14-11(2)13(15)16-12(3)17-14/h4-10H2,1-3H3,(H2,15,16,17). The Kier molecular flexibility index (Phi) is 6.47. The Balaban J connectivity index is 2.27. The first-order valence-corrected chi connectivity index (χ1v) is 6.88. The Morgan fingerprint density at radius 1 is 1.00 bits per heavy atom. The molecule has 0 atom stereocenters. The zero-order valence-electron chi connectivity index (χ0n) is 11.8. The molecule has 4 nitrogen and oxygen atoms in total. The van der Waals surface area contributed by atoms with Crippen molar-refractivity contribution in [3.63, 3.8) is 0 Å². The van der Waals surface area contributed by atoms with Crippen LogP contribution in [-0.2, 0) is 0 Å². The molecule has 4 heteroatoms. The zero-order chi connectivity index (χ0) is 13.4. The van der Waals surface area contributed by atoms with Crippen LogP contribution in [0.4, 0.5) is 5.82 Å². The van der Waals surface area contributed by atoms with Gasteiger partial charge in [-0.25, -0.2) is 4.98 Å². The molecule has 0 aliphatic heterocycles. The van der Waals surface area contributed by atoms with Gasteiger partial charge in [-0.05, 0) is 20.3 Å². The van der Waals surface area contributed by atoms with Gasteiger partial charge in [0.05, 0.1) is 12.2 Å². The number of nitrogens with zero attached hydrogens (tertiary/aromatic N) is 2. The third kappa shape index (κ3) is 4.90. The molecule has 102 valence electrons. The Morgan fingerprint density at radius 2 is 1.67 bits per heavy atom. The summed E-state index contributed by atoms with van der Waals surface area (Å²) >= 11 is 0. The lowest BCUT2D eigenvalue weighted by Crippen LogP contribution is -2.06. The Hall–Kier alpha value is -1.32. The molecule has 0 fully saturated rings. The average Bonchev–Trinajstić information content (AvgIpc) is 2.33. The van der Waals surface area contributed by atoms with Crippen LogP contribution in [0.5, 0.6) is 5.88 Å². The SMILES string of the molecule is CCCCCCCCOc1nc(C)nc(N)c1C. The molecule has 0 aliphatic carbocycles. The molecule has 0 unspecified atom stereocenters. The highest BCUT2D eigenvalue weighted by Crippen LogP contribution is 2.19. The fourth-order valence-electron chi connectivity index (χ4n) is 1.82. The van der Waals surface area contributed by atoms with Crippen LogP contribution >= 0.6 is 0 Å². The van der Waals surface area contributed by atoms with Gasteiger partial charge in [-0.1, -0.05) is 39.0 Å². The van der Waals surface area contributed by atoms with Crippen molar-refractivity contribution in [2.24, 2.45) is 0 Å². The maximum atomic E-state index is 5.78. The van der Waals surface area contributed by atoms with Crippen LogP contribution in [-0.4, -0.2) is 16.6 Å². The minimum Gasteiger partial charge on any atom is -0.477 e. The summed E-state index contributed by atoms with van der Waals surface area (Å²) < 4.78 is 5.67.